The van der Waals surface area contributed by atoms with E-state index < -0.39 is 29.5 Å². The molecule has 3 heterocycles. The fraction of sp³-hybridized carbons (Fsp3) is 0.273. The van der Waals surface area contributed by atoms with E-state index in [-0.39, 0.29) is 24.0 Å². The zero-order valence-corrected chi connectivity index (χ0v) is 17.8. The number of amides is 2. The van der Waals surface area contributed by atoms with E-state index in [1.807, 2.05) is 25.1 Å². The van der Waals surface area contributed by atoms with Crippen LogP contribution in [0.15, 0.2) is 45.3 Å². The lowest BCUT2D eigenvalue weighted by Crippen LogP contribution is -2.53. The molecule has 0 spiro atoms. The number of guanidine groups is 2. The van der Waals surface area contributed by atoms with Crippen LogP contribution in [0.2, 0.25) is 0 Å². The number of carbonyl (C=O) groups is 1. The van der Waals surface area contributed by atoms with Crippen molar-refractivity contribution < 1.29 is 22.7 Å². The fourth-order valence-electron chi connectivity index (χ4n) is 3.91. The maximum atomic E-state index is 13.9. The quantitative estimate of drug-likeness (QED) is 0.718. The number of aryl methyl sites for hydroxylation is 1. The van der Waals surface area contributed by atoms with Crippen molar-refractivity contribution >= 4 is 29.5 Å². The topological polar surface area (TPSA) is 81.9 Å². The van der Waals surface area contributed by atoms with Gasteiger partial charge in [0.15, 0.2) is 17.5 Å². The highest BCUT2D eigenvalue weighted by Gasteiger charge is 2.41. The van der Waals surface area contributed by atoms with E-state index in [0.717, 1.165) is 23.3 Å². The third-order valence-electron chi connectivity index (χ3n) is 5.66. The molecule has 2 aromatic rings. The molecule has 1 unspecified atom stereocenters. The standard InChI is InChI=1S/C22H19F3N6O2/c1-11-3-4-12(19-26-5-6-33-19)9-16(11)28-20-29-22(32)30(2)21-27-10-17(31(20)21)13-7-14(23)18(25)15(24)8-13/h3-4,7-9,17H,5-6,10H2,1-2H3,(H,28,29,32). The van der Waals surface area contributed by atoms with Gasteiger partial charge in [-0.25, -0.2) is 28.0 Å². The first-order chi connectivity index (χ1) is 15.8. The van der Waals surface area contributed by atoms with Gasteiger partial charge in [0, 0.05) is 18.3 Å². The van der Waals surface area contributed by atoms with Crippen molar-refractivity contribution in [3.63, 3.8) is 0 Å². The summed E-state index contributed by atoms with van der Waals surface area (Å²) in [6.45, 7) is 3.07. The lowest BCUT2D eigenvalue weighted by Gasteiger charge is -2.35. The molecule has 3 aliphatic rings. The van der Waals surface area contributed by atoms with Crippen molar-refractivity contribution in [2.75, 3.05) is 32.1 Å². The van der Waals surface area contributed by atoms with Crippen molar-refractivity contribution in [1.29, 1.82) is 0 Å². The van der Waals surface area contributed by atoms with Crippen molar-refractivity contribution in [2.45, 2.75) is 13.0 Å². The average molecular weight is 456 g/mol. The number of nitrogens with one attached hydrogen (secondary N) is 1. The molecule has 1 N–H and O–H groups in total. The Hall–Kier alpha value is -3.89. The second-order valence-corrected chi connectivity index (χ2v) is 7.79. The lowest BCUT2D eigenvalue weighted by atomic mass is 10.1. The Morgan fingerprint density at radius 2 is 1.88 bits per heavy atom. The number of halogens is 3. The Labute approximate surface area is 187 Å². The third-order valence-corrected chi connectivity index (χ3v) is 5.66. The summed E-state index contributed by atoms with van der Waals surface area (Å²) in [7, 11) is 1.50. The lowest BCUT2D eigenvalue weighted by molar-refractivity contribution is 0.230. The minimum Gasteiger partial charge on any atom is -0.476 e. The number of ether oxygens (including phenoxy) is 1. The fourth-order valence-corrected chi connectivity index (χ4v) is 3.91. The highest BCUT2D eigenvalue weighted by atomic mass is 19.2. The third kappa shape index (κ3) is 3.59. The van der Waals surface area contributed by atoms with Gasteiger partial charge in [-0.05, 0) is 42.3 Å². The zero-order valence-electron chi connectivity index (χ0n) is 17.8. The van der Waals surface area contributed by atoms with Gasteiger partial charge in [-0.15, -0.1) is 0 Å². The molecule has 0 radical (unpaired) electrons. The first-order valence-electron chi connectivity index (χ1n) is 10.2. The molecule has 2 amide bonds. The van der Waals surface area contributed by atoms with E-state index >= 15 is 0 Å². The van der Waals surface area contributed by atoms with Crippen LogP contribution in [0.1, 0.15) is 22.7 Å². The summed E-state index contributed by atoms with van der Waals surface area (Å²) in [5, 5.41) is 3.15. The summed E-state index contributed by atoms with van der Waals surface area (Å²) >= 11 is 0. The molecule has 0 fully saturated rings. The van der Waals surface area contributed by atoms with Gasteiger partial charge in [-0.3, -0.25) is 9.80 Å². The monoisotopic (exact) mass is 456 g/mol. The number of hydrogen-bond donors (Lipinski definition) is 1. The second-order valence-electron chi connectivity index (χ2n) is 7.79. The minimum atomic E-state index is -1.54. The van der Waals surface area contributed by atoms with E-state index in [1.54, 1.807) is 4.90 Å². The Balaban J connectivity index is 1.53. The summed E-state index contributed by atoms with van der Waals surface area (Å²) < 4.78 is 46.9. The number of carbonyl (C=O) groups excluding carboxylic acids is 1. The molecule has 170 valence electrons. The number of benzene rings is 2. The van der Waals surface area contributed by atoms with Gasteiger partial charge in [-0.2, -0.15) is 4.99 Å². The molecule has 0 aliphatic carbocycles. The van der Waals surface area contributed by atoms with E-state index in [0.29, 0.717) is 24.7 Å². The molecule has 0 bridgehead atoms. The van der Waals surface area contributed by atoms with Gasteiger partial charge >= 0.3 is 6.03 Å². The molecular weight excluding hydrogens is 437 g/mol. The van der Waals surface area contributed by atoms with E-state index in [1.165, 1.54) is 11.9 Å². The number of fused-ring (bicyclic) bond motifs is 1. The van der Waals surface area contributed by atoms with Crippen molar-refractivity contribution in [2.24, 2.45) is 15.0 Å². The Bertz CT molecular complexity index is 1240. The van der Waals surface area contributed by atoms with Gasteiger partial charge in [0.1, 0.15) is 6.61 Å². The molecule has 33 heavy (non-hydrogen) atoms. The molecule has 3 aliphatic heterocycles. The Kier molecular flexibility index (Phi) is 5.03. The smallest absolute Gasteiger partial charge is 0.353 e. The average Bonchev–Trinajstić information content (AvgIpc) is 3.47. The van der Waals surface area contributed by atoms with Crippen LogP contribution in [0.4, 0.5) is 23.7 Å². The van der Waals surface area contributed by atoms with Gasteiger partial charge < -0.3 is 10.1 Å². The zero-order chi connectivity index (χ0) is 23.3. The first-order valence-corrected chi connectivity index (χ1v) is 10.2. The second kappa shape index (κ2) is 7.91. The van der Waals surface area contributed by atoms with Crippen molar-refractivity contribution in [1.82, 2.24) is 9.80 Å². The Morgan fingerprint density at radius 1 is 1.12 bits per heavy atom. The van der Waals surface area contributed by atoms with Crippen LogP contribution in [-0.2, 0) is 4.74 Å². The summed E-state index contributed by atoms with van der Waals surface area (Å²) in [6.07, 6.45) is 0. The molecule has 0 saturated carbocycles. The first kappa shape index (κ1) is 21.0. The number of anilines is 1. The molecule has 2 aromatic carbocycles. The maximum absolute atomic E-state index is 13.9. The summed E-state index contributed by atoms with van der Waals surface area (Å²) in [5.74, 6) is -3.21. The molecule has 11 heteroatoms. The number of rotatable bonds is 3. The number of aliphatic imine (C=N–C) groups is 3. The minimum absolute atomic E-state index is 0.0990. The van der Waals surface area contributed by atoms with Crippen LogP contribution in [0.5, 0.6) is 0 Å². The van der Waals surface area contributed by atoms with Crippen LogP contribution in [0.3, 0.4) is 0 Å². The SMILES string of the molecule is Cc1ccc(C2=NCCO2)cc1NC1=NC(=O)N(C)C2=NCC(c3cc(F)c(F)c(F)c3)N12. The largest absolute Gasteiger partial charge is 0.476 e. The van der Waals surface area contributed by atoms with Crippen LogP contribution < -0.4 is 5.32 Å². The Morgan fingerprint density at radius 3 is 2.58 bits per heavy atom. The van der Waals surface area contributed by atoms with Crippen molar-refractivity contribution in [3.05, 3.63) is 64.5 Å². The number of urea groups is 1. The van der Waals surface area contributed by atoms with Crippen LogP contribution >= 0.6 is 0 Å². The van der Waals surface area contributed by atoms with Gasteiger partial charge in [0.05, 0.1) is 19.1 Å². The number of nitrogens with zero attached hydrogens (tertiary/aromatic N) is 5. The normalized spacial score (nSPS) is 19.7. The van der Waals surface area contributed by atoms with E-state index in [9.17, 15) is 18.0 Å². The van der Waals surface area contributed by atoms with Crippen LogP contribution in [0, 0.1) is 24.4 Å². The van der Waals surface area contributed by atoms with E-state index in [2.05, 4.69) is 20.3 Å². The molecule has 1 atom stereocenters. The van der Waals surface area contributed by atoms with Crippen LogP contribution in [-0.4, -0.2) is 60.4 Å². The van der Waals surface area contributed by atoms with E-state index in [4.69, 9.17) is 4.74 Å². The molecule has 0 aromatic heterocycles. The predicted molar refractivity (Wildman–Crippen MR) is 116 cm³/mol. The van der Waals surface area contributed by atoms with Gasteiger partial charge in [-0.1, -0.05) is 6.07 Å². The maximum Gasteiger partial charge on any atom is 0.353 e. The van der Waals surface area contributed by atoms with Crippen molar-refractivity contribution in [3.8, 4) is 0 Å². The van der Waals surface area contributed by atoms with Gasteiger partial charge in [0.2, 0.25) is 17.8 Å². The summed E-state index contributed by atoms with van der Waals surface area (Å²) in [5.41, 5.74) is 2.43. The van der Waals surface area contributed by atoms with Crippen LogP contribution in [0.25, 0.3) is 0 Å². The number of hydrogen-bond acceptors (Lipinski definition) is 6. The highest BCUT2D eigenvalue weighted by molar-refractivity contribution is 6.17. The molecule has 8 nitrogen and oxygen atoms in total. The molecule has 5 rings (SSSR count). The molecule has 0 saturated heterocycles. The predicted octanol–water partition coefficient (Wildman–Crippen LogP) is 3.44. The summed E-state index contributed by atoms with van der Waals surface area (Å²) in [6, 6.07) is 6.18. The summed E-state index contributed by atoms with van der Waals surface area (Å²) in [4.78, 5) is 28.1. The molecular formula is C22H19F3N6O2. The van der Waals surface area contributed by atoms with Gasteiger partial charge in [0.25, 0.3) is 0 Å². The highest BCUT2D eigenvalue weighted by Crippen LogP contribution is 2.32.